The summed E-state index contributed by atoms with van der Waals surface area (Å²) in [5, 5.41) is 1.19. The minimum atomic E-state index is -0.656. The number of benzene rings is 2. The lowest BCUT2D eigenvalue weighted by Gasteiger charge is -2.08. The van der Waals surface area contributed by atoms with Crippen molar-refractivity contribution in [2.45, 2.75) is 0 Å². The predicted octanol–water partition coefficient (Wildman–Crippen LogP) is 4.94. The van der Waals surface area contributed by atoms with E-state index in [1.165, 1.54) is 18.3 Å². The van der Waals surface area contributed by atoms with E-state index in [0.717, 1.165) is 4.47 Å². The zero-order chi connectivity index (χ0) is 22.2. The number of aromatic nitrogens is 1. The smallest absolute Gasteiger partial charge is 0.345 e. The van der Waals surface area contributed by atoms with E-state index >= 15 is 0 Å². The molecule has 0 N–H and O–H groups in total. The average molecular weight is 490 g/mol. The molecule has 3 aromatic heterocycles. The molecule has 8 heteroatoms. The molecule has 0 aliphatic rings. The van der Waals surface area contributed by atoms with Crippen LogP contribution in [0.1, 0.15) is 10.4 Å². The molecule has 0 saturated heterocycles. The Morgan fingerprint density at radius 1 is 0.906 bits per heavy atom. The molecule has 0 spiro atoms. The molecule has 7 nitrogen and oxygen atoms in total. The molecule has 156 valence electrons. The van der Waals surface area contributed by atoms with Crippen molar-refractivity contribution in [2.24, 2.45) is 0 Å². The number of nitrogens with zero attached hydrogens (tertiary/aromatic N) is 1. The van der Waals surface area contributed by atoms with Crippen LogP contribution in [0.2, 0.25) is 0 Å². The number of hydrogen-bond donors (Lipinski definition) is 0. The van der Waals surface area contributed by atoms with Crippen LogP contribution in [-0.2, 0) is 0 Å². The number of fused-ring (bicyclic) bond motifs is 2. The summed E-state index contributed by atoms with van der Waals surface area (Å²) in [6.07, 6.45) is 2.93. The number of carbonyl (C=O) groups excluding carboxylic acids is 1. The van der Waals surface area contributed by atoms with Gasteiger partial charge in [0.2, 0.25) is 0 Å². The van der Waals surface area contributed by atoms with Gasteiger partial charge in [-0.15, -0.1) is 0 Å². The predicted molar refractivity (Wildman–Crippen MR) is 121 cm³/mol. The van der Waals surface area contributed by atoms with Gasteiger partial charge in [-0.2, -0.15) is 0 Å². The zero-order valence-corrected chi connectivity index (χ0v) is 17.8. The van der Waals surface area contributed by atoms with Crippen LogP contribution in [0, 0.1) is 0 Å². The van der Waals surface area contributed by atoms with Crippen molar-refractivity contribution in [2.75, 3.05) is 0 Å². The highest BCUT2D eigenvalue weighted by molar-refractivity contribution is 9.10. The van der Waals surface area contributed by atoms with Gasteiger partial charge in [-0.05, 0) is 48.5 Å². The molecular formula is C24H12BrNO6. The van der Waals surface area contributed by atoms with Gasteiger partial charge < -0.3 is 13.6 Å². The second-order valence-corrected chi connectivity index (χ2v) is 7.81. The molecule has 5 rings (SSSR count). The summed E-state index contributed by atoms with van der Waals surface area (Å²) in [4.78, 5) is 41.1. The van der Waals surface area contributed by atoms with E-state index in [-0.39, 0.29) is 22.5 Å². The van der Waals surface area contributed by atoms with Crippen LogP contribution in [-0.4, -0.2) is 11.0 Å². The molecule has 0 radical (unpaired) electrons. The lowest BCUT2D eigenvalue weighted by Crippen LogP contribution is -2.09. The van der Waals surface area contributed by atoms with Crippen molar-refractivity contribution in [1.29, 1.82) is 0 Å². The van der Waals surface area contributed by atoms with E-state index in [1.807, 2.05) is 6.07 Å². The van der Waals surface area contributed by atoms with Gasteiger partial charge in [0.05, 0.1) is 11.1 Å². The second kappa shape index (κ2) is 7.90. The Bertz CT molecular complexity index is 1620. The number of halogens is 1. The minimum absolute atomic E-state index is 0.165. The van der Waals surface area contributed by atoms with Gasteiger partial charge in [-0.25, -0.2) is 14.4 Å². The number of ether oxygens (including phenoxy) is 1. The van der Waals surface area contributed by atoms with Crippen LogP contribution in [0.3, 0.4) is 0 Å². The topological polar surface area (TPSA) is 99.6 Å². The van der Waals surface area contributed by atoms with Crippen LogP contribution in [0.4, 0.5) is 0 Å². The maximum atomic E-state index is 12.7. The van der Waals surface area contributed by atoms with E-state index < -0.39 is 17.2 Å². The Hall–Kier alpha value is -4.04. The highest BCUT2D eigenvalue weighted by Crippen LogP contribution is 2.30. The van der Waals surface area contributed by atoms with E-state index in [2.05, 4.69) is 20.9 Å². The van der Waals surface area contributed by atoms with Crippen molar-refractivity contribution in [3.63, 3.8) is 0 Å². The van der Waals surface area contributed by atoms with Crippen LogP contribution >= 0.6 is 15.9 Å². The first-order valence-electron chi connectivity index (χ1n) is 9.42. The van der Waals surface area contributed by atoms with Crippen molar-refractivity contribution in [1.82, 2.24) is 4.98 Å². The van der Waals surface area contributed by atoms with E-state index in [4.69, 9.17) is 13.6 Å². The maximum absolute atomic E-state index is 12.7. The first kappa shape index (κ1) is 19.9. The van der Waals surface area contributed by atoms with E-state index in [1.54, 1.807) is 48.7 Å². The van der Waals surface area contributed by atoms with Crippen molar-refractivity contribution >= 4 is 43.8 Å². The first-order valence-corrected chi connectivity index (χ1v) is 10.2. The fourth-order valence-corrected chi connectivity index (χ4v) is 3.74. The normalized spacial score (nSPS) is 11.0. The minimum Gasteiger partial charge on any atom is -0.423 e. The number of carbonyl (C=O) groups is 1. The third-order valence-corrected chi connectivity index (χ3v) is 5.30. The Morgan fingerprint density at radius 2 is 1.78 bits per heavy atom. The molecule has 32 heavy (non-hydrogen) atoms. The molecule has 0 fully saturated rings. The Balaban J connectivity index is 1.62. The molecule has 0 bridgehead atoms. The molecule has 5 aromatic rings. The number of rotatable bonds is 3. The molecular weight excluding hydrogens is 478 g/mol. The Morgan fingerprint density at radius 3 is 2.59 bits per heavy atom. The highest BCUT2D eigenvalue weighted by atomic mass is 79.9. The molecule has 0 aliphatic carbocycles. The van der Waals surface area contributed by atoms with E-state index in [0.29, 0.717) is 21.9 Å². The van der Waals surface area contributed by atoms with Crippen LogP contribution in [0.15, 0.2) is 96.0 Å². The fraction of sp³-hybridized carbons (Fsp3) is 0. The summed E-state index contributed by atoms with van der Waals surface area (Å²) in [7, 11) is 0. The number of esters is 1. The third-order valence-electron chi connectivity index (χ3n) is 4.81. The van der Waals surface area contributed by atoms with E-state index in [9.17, 15) is 14.4 Å². The maximum Gasteiger partial charge on any atom is 0.345 e. The van der Waals surface area contributed by atoms with Gasteiger partial charge in [-0.1, -0.05) is 15.9 Å². The molecule has 0 aliphatic heterocycles. The number of hydrogen-bond acceptors (Lipinski definition) is 7. The molecule has 0 unspecified atom stereocenters. The summed E-state index contributed by atoms with van der Waals surface area (Å²) in [5.74, 6) is -0.419. The van der Waals surface area contributed by atoms with Crippen LogP contribution in [0.25, 0.3) is 33.1 Å². The number of pyridine rings is 1. The van der Waals surface area contributed by atoms with Crippen molar-refractivity contribution < 1.29 is 18.4 Å². The summed E-state index contributed by atoms with van der Waals surface area (Å²) in [6.45, 7) is 0. The quantitative estimate of drug-likeness (QED) is 0.201. The summed E-state index contributed by atoms with van der Waals surface area (Å²) in [6, 6.07) is 16.0. The van der Waals surface area contributed by atoms with Gasteiger partial charge in [0.25, 0.3) is 0 Å². The molecule has 3 heterocycles. The van der Waals surface area contributed by atoms with Crippen LogP contribution in [0.5, 0.6) is 5.75 Å². The van der Waals surface area contributed by atoms with Crippen LogP contribution < -0.4 is 16.0 Å². The Labute approximate surface area is 188 Å². The molecule has 0 atom stereocenters. The van der Waals surface area contributed by atoms with Gasteiger partial charge in [-0.3, -0.25) is 4.98 Å². The highest BCUT2D eigenvalue weighted by Gasteiger charge is 2.16. The first-order chi connectivity index (χ1) is 15.5. The van der Waals surface area contributed by atoms with Crippen molar-refractivity contribution in [3.8, 4) is 16.9 Å². The van der Waals surface area contributed by atoms with Gasteiger partial charge in [0.15, 0.2) is 0 Å². The summed E-state index contributed by atoms with van der Waals surface area (Å²) < 4.78 is 16.9. The Kier molecular flexibility index (Phi) is 4.91. The average Bonchev–Trinajstić information content (AvgIpc) is 2.78. The third kappa shape index (κ3) is 3.72. The van der Waals surface area contributed by atoms with Gasteiger partial charge >= 0.3 is 17.2 Å². The fourth-order valence-electron chi connectivity index (χ4n) is 3.36. The van der Waals surface area contributed by atoms with Gasteiger partial charge in [0, 0.05) is 45.3 Å². The molecule has 0 amide bonds. The monoisotopic (exact) mass is 489 g/mol. The van der Waals surface area contributed by atoms with Gasteiger partial charge in [0.1, 0.15) is 16.9 Å². The second-order valence-electron chi connectivity index (χ2n) is 6.90. The SMILES string of the molecule is O=C(Oc1ccc2c(-c3cc4cc(Br)ccc4oc3=O)cc(=O)oc2c1)c1cccnc1. The lowest BCUT2D eigenvalue weighted by atomic mass is 10.0. The zero-order valence-electron chi connectivity index (χ0n) is 16.2. The summed E-state index contributed by atoms with van der Waals surface area (Å²) >= 11 is 3.40. The standard InChI is InChI=1S/C24H12BrNO6/c25-15-3-6-20-14(8-15)9-19(24(29)32-20)18-11-22(27)31-21-10-16(4-5-17(18)21)30-23(28)13-2-1-7-26-12-13/h1-12H. The molecule has 0 saturated carbocycles. The lowest BCUT2D eigenvalue weighted by molar-refractivity contribution is 0.0734. The molecule has 2 aromatic carbocycles. The summed E-state index contributed by atoms with van der Waals surface area (Å²) in [5.41, 5.74) is 0.209. The van der Waals surface area contributed by atoms with Crippen molar-refractivity contribution in [3.05, 3.63) is 104 Å². The largest absolute Gasteiger partial charge is 0.423 e.